The third-order valence-electron chi connectivity index (χ3n) is 6.19. The molecule has 5 rings (SSSR count). The van der Waals surface area contributed by atoms with E-state index >= 15 is 0 Å². The lowest BCUT2D eigenvalue weighted by Crippen LogP contribution is -2.47. The van der Waals surface area contributed by atoms with Crippen molar-refractivity contribution >= 4 is 0 Å². The van der Waals surface area contributed by atoms with Crippen molar-refractivity contribution in [1.82, 2.24) is 0 Å². The smallest absolute Gasteiger partial charge is 0.00700 e. The van der Waals surface area contributed by atoms with E-state index in [1.807, 2.05) is 0 Å². The van der Waals surface area contributed by atoms with Gasteiger partial charge in [0.1, 0.15) is 0 Å². The van der Waals surface area contributed by atoms with Gasteiger partial charge in [-0.3, -0.25) is 0 Å². The first kappa shape index (κ1) is 9.94. The molecule has 2 N–H and O–H groups in total. The fourth-order valence-corrected chi connectivity index (χ4v) is 5.45. The van der Waals surface area contributed by atoms with Crippen LogP contribution in [-0.4, -0.2) is 6.04 Å². The number of rotatable bonds is 3. The van der Waals surface area contributed by atoms with Crippen LogP contribution < -0.4 is 5.73 Å². The van der Waals surface area contributed by atoms with Crippen molar-refractivity contribution in [1.29, 1.82) is 0 Å². The molecule has 0 amide bonds. The Hall–Kier alpha value is -0.0400. The van der Waals surface area contributed by atoms with Gasteiger partial charge in [0.2, 0.25) is 0 Å². The Kier molecular flexibility index (Phi) is 2.16. The van der Waals surface area contributed by atoms with Crippen LogP contribution in [0.2, 0.25) is 0 Å². The van der Waals surface area contributed by atoms with Crippen LogP contribution in [-0.2, 0) is 0 Å². The second-order valence-corrected chi connectivity index (χ2v) is 7.33. The standard InChI is InChI=1S/C15H25N/c16-15(11-1-2-11)8-14-12-4-9-3-10(6-12)7-13(14)5-9/h9-15H,1-8,16H2. The second-order valence-electron chi connectivity index (χ2n) is 7.33. The van der Waals surface area contributed by atoms with E-state index in [4.69, 9.17) is 5.73 Å². The Morgan fingerprint density at radius 2 is 1.44 bits per heavy atom. The van der Waals surface area contributed by atoms with Crippen LogP contribution in [0, 0.1) is 35.5 Å². The molecule has 16 heavy (non-hydrogen) atoms. The van der Waals surface area contributed by atoms with E-state index in [1.165, 1.54) is 19.3 Å². The van der Waals surface area contributed by atoms with Crippen molar-refractivity contribution in [2.75, 3.05) is 0 Å². The van der Waals surface area contributed by atoms with E-state index in [0.717, 1.165) is 35.5 Å². The first-order chi connectivity index (χ1) is 7.79. The summed E-state index contributed by atoms with van der Waals surface area (Å²) in [4.78, 5) is 0. The predicted molar refractivity (Wildman–Crippen MR) is 65.9 cm³/mol. The van der Waals surface area contributed by atoms with Gasteiger partial charge < -0.3 is 5.73 Å². The van der Waals surface area contributed by atoms with Gasteiger partial charge in [0.05, 0.1) is 0 Å². The van der Waals surface area contributed by atoms with E-state index in [-0.39, 0.29) is 0 Å². The Balaban J connectivity index is 1.47. The van der Waals surface area contributed by atoms with Crippen molar-refractivity contribution in [2.24, 2.45) is 41.2 Å². The summed E-state index contributed by atoms with van der Waals surface area (Å²) < 4.78 is 0. The summed E-state index contributed by atoms with van der Waals surface area (Å²) in [7, 11) is 0. The largest absolute Gasteiger partial charge is 0.327 e. The van der Waals surface area contributed by atoms with Crippen LogP contribution in [0.15, 0.2) is 0 Å². The minimum absolute atomic E-state index is 0.558. The second kappa shape index (κ2) is 3.48. The van der Waals surface area contributed by atoms with Gasteiger partial charge in [0, 0.05) is 6.04 Å². The van der Waals surface area contributed by atoms with Gasteiger partial charge in [-0.15, -0.1) is 0 Å². The molecule has 5 aliphatic rings. The third kappa shape index (κ3) is 1.54. The van der Waals surface area contributed by atoms with Gasteiger partial charge in [-0.25, -0.2) is 0 Å². The molecule has 0 radical (unpaired) electrons. The summed E-state index contributed by atoms with van der Waals surface area (Å²) in [5, 5.41) is 0. The zero-order chi connectivity index (χ0) is 10.7. The quantitative estimate of drug-likeness (QED) is 0.775. The van der Waals surface area contributed by atoms with Gasteiger partial charge in [-0.05, 0) is 86.9 Å². The highest BCUT2D eigenvalue weighted by molar-refractivity contribution is 5.00. The molecule has 1 nitrogen and oxygen atoms in total. The fraction of sp³-hybridized carbons (Fsp3) is 1.00. The summed E-state index contributed by atoms with van der Waals surface area (Å²) >= 11 is 0. The van der Waals surface area contributed by atoms with Crippen molar-refractivity contribution < 1.29 is 0 Å². The monoisotopic (exact) mass is 219 g/mol. The average Bonchev–Trinajstić information content (AvgIpc) is 3.05. The average molecular weight is 219 g/mol. The first-order valence-electron chi connectivity index (χ1n) is 7.55. The molecule has 0 aliphatic heterocycles. The van der Waals surface area contributed by atoms with Crippen LogP contribution in [0.4, 0.5) is 0 Å². The van der Waals surface area contributed by atoms with Crippen LogP contribution >= 0.6 is 0 Å². The molecule has 5 saturated carbocycles. The van der Waals surface area contributed by atoms with Crippen LogP contribution in [0.1, 0.15) is 51.4 Å². The first-order valence-corrected chi connectivity index (χ1v) is 7.55. The van der Waals surface area contributed by atoms with E-state index in [1.54, 1.807) is 32.1 Å². The predicted octanol–water partition coefficient (Wildman–Crippen LogP) is 3.19. The molecule has 0 heterocycles. The topological polar surface area (TPSA) is 26.0 Å². The third-order valence-corrected chi connectivity index (χ3v) is 6.19. The SMILES string of the molecule is NC(CC1C2CC3CC(C2)CC1C3)C1CC1. The summed E-state index contributed by atoms with van der Waals surface area (Å²) in [5.74, 6) is 6.36. The number of hydrogen-bond donors (Lipinski definition) is 1. The molecule has 1 atom stereocenters. The molecule has 5 fully saturated rings. The lowest BCUT2D eigenvalue weighted by Gasteiger charge is -2.55. The highest BCUT2D eigenvalue weighted by atomic mass is 14.7. The van der Waals surface area contributed by atoms with E-state index in [9.17, 15) is 0 Å². The van der Waals surface area contributed by atoms with Crippen molar-refractivity contribution in [2.45, 2.75) is 57.4 Å². The van der Waals surface area contributed by atoms with Gasteiger partial charge in [-0.2, -0.15) is 0 Å². The van der Waals surface area contributed by atoms with Crippen LogP contribution in [0.5, 0.6) is 0 Å². The summed E-state index contributed by atoms with van der Waals surface area (Å²) in [6.07, 6.45) is 12.1. The molecule has 1 heteroatoms. The molecule has 1 unspecified atom stereocenters. The zero-order valence-corrected chi connectivity index (χ0v) is 10.3. The minimum atomic E-state index is 0.558. The molecule has 0 spiro atoms. The Labute approximate surface area is 99.2 Å². The molecule has 0 aromatic rings. The van der Waals surface area contributed by atoms with Crippen molar-refractivity contribution in [3.05, 3.63) is 0 Å². The minimum Gasteiger partial charge on any atom is -0.327 e. The lowest BCUT2D eigenvalue weighted by molar-refractivity contribution is -0.0426. The normalized spacial score (nSPS) is 51.9. The zero-order valence-electron chi connectivity index (χ0n) is 10.3. The van der Waals surface area contributed by atoms with Crippen LogP contribution in [0.25, 0.3) is 0 Å². The number of nitrogens with two attached hydrogens (primary N) is 1. The molecular formula is C15H25N. The fourth-order valence-electron chi connectivity index (χ4n) is 5.45. The lowest BCUT2D eigenvalue weighted by atomic mass is 9.51. The van der Waals surface area contributed by atoms with Crippen molar-refractivity contribution in [3.8, 4) is 0 Å². The maximum atomic E-state index is 6.36. The maximum Gasteiger partial charge on any atom is 0.00700 e. The van der Waals surface area contributed by atoms with Crippen LogP contribution in [0.3, 0.4) is 0 Å². The summed E-state index contributed by atoms with van der Waals surface area (Å²) in [6, 6.07) is 0.558. The Bertz CT molecular complexity index is 253. The van der Waals surface area contributed by atoms with Gasteiger partial charge in [0.25, 0.3) is 0 Å². The molecule has 4 bridgehead atoms. The molecule has 90 valence electrons. The Morgan fingerprint density at radius 1 is 0.875 bits per heavy atom. The van der Waals surface area contributed by atoms with Gasteiger partial charge in [-0.1, -0.05) is 0 Å². The van der Waals surface area contributed by atoms with E-state index in [0.29, 0.717) is 6.04 Å². The highest BCUT2D eigenvalue weighted by Crippen LogP contribution is 2.58. The highest BCUT2D eigenvalue weighted by Gasteiger charge is 2.48. The van der Waals surface area contributed by atoms with E-state index < -0.39 is 0 Å². The van der Waals surface area contributed by atoms with Gasteiger partial charge >= 0.3 is 0 Å². The molecule has 0 saturated heterocycles. The molecular weight excluding hydrogens is 194 g/mol. The maximum absolute atomic E-state index is 6.36. The molecule has 0 aromatic carbocycles. The van der Waals surface area contributed by atoms with Gasteiger partial charge in [0.15, 0.2) is 0 Å². The van der Waals surface area contributed by atoms with E-state index in [2.05, 4.69) is 0 Å². The number of hydrogen-bond acceptors (Lipinski definition) is 1. The summed E-state index contributed by atoms with van der Waals surface area (Å²) in [6.45, 7) is 0. The molecule has 5 aliphatic carbocycles. The van der Waals surface area contributed by atoms with Crippen molar-refractivity contribution in [3.63, 3.8) is 0 Å². The Morgan fingerprint density at radius 3 is 1.94 bits per heavy atom. The molecule has 0 aromatic heterocycles. The summed E-state index contributed by atoms with van der Waals surface area (Å²) in [5.41, 5.74) is 6.36.